The maximum Gasteiger partial charge on any atom is 0.338 e. The van der Waals surface area contributed by atoms with E-state index in [2.05, 4.69) is 6.92 Å². The van der Waals surface area contributed by atoms with Gasteiger partial charge in [0.15, 0.2) is 17.5 Å². The van der Waals surface area contributed by atoms with Crippen LogP contribution in [0, 0.1) is 28.6 Å². The number of hydrogen-bond donors (Lipinski definition) is 3. The minimum absolute atomic E-state index is 0.0210. The first-order valence-electron chi connectivity index (χ1n) is 18.5. The molecule has 0 saturated heterocycles. The van der Waals surface area contributed by atoms with Crippen molar-refractivity contribution in [3.8, 4) is 0 Å². The molecule has 9 atom stereocenters. The predicted octanol–water partition coefficient (Wildman–Crippen LogP) is 5.54. The molecule has 2 saturated carbocycles. The Balaban J connectivity index is 1.40. The quantitative estimate of drug-likeness (QED) is 0.104. The number of Topliss-reactive ketones (excluding diaryl/α,β-unsaturated/α-hetero) is 1. The smallest absolute Gasteiger partial charge is 0.338 e. The highest BCUT2D eigenvalue weighted by molar-refractivity contribution is 5.96. The van der Waals surface area contributed by atoms with E-state index in [1.54, 1.807) is 80.6 Å². The molecule has 2 aromatic rings. The van der Waals surface area contributed by atoms with Crippen molar-refractivity contribution in [2.45, 2.75) is 96.1 Å². The molecule has 10 nitrogen and oxygen atoms in total. The molecular weight excluding hydrogens is 664 g/mol. The Morgan fingerprint density at radius 3 is 2.15 bits per heavy atom. The van der Waals surface area contributed by atoms with E-state index < -0.39 is 82.3 Å². The summed E-state index contributed by atoms with van der Waals surface area (Å²) in [7, 11) is 0. The molecule has 0 amide bonds. The largest absolute Gasteiger partial charge is 0.461 e. The molecule has 0 radical (unpaired) electrons. The number of carbonyl (C=O) groups excluding carboxylic acids is 4. The number of unbranched alkanes of at least 4 members (excludes halogenated alkanes) is 4. The standard InChI is InChI=1S/C42H50O10/c1-5-6-7-8-15-20-32(44)52-41-23-27(3)40-22-26(2)36(51-38(48)29-18-13-10-14-19-29)42(40,49)34(45)30(24-43)21-31(35(40)46)33(41)39(41,4)25-50-37(47)28-16-11-9-12-17-28/h9-14,16-19,21-22,27,31,33-34,36,43,45,49H,5-8,15,20,23-25H2,1-4H3/t27-,31+,33-,34-,36+,39+,40+,41+,42+/m1/s1. The van der Waals surface area contributed by atoms with Crippen LogP contribution in [0.4, 0.5) is 0 Å². The second-order valence-electron chi connectivity index (χ2n) is 15.4. The zero-order chi connectivity index (χ0) is 37.5. The number of carbonyl (C=O) groups is 4. The number of aliphatic hydroxyl groups is 3. The SMILES string of the molecule is CCCCCCCC(=O)O[C@@]12C[C@@H](C)[C@]34C=C(C)[C@H](OC(=O)c5ccccc5)[C@@]3(O)[C@H](O)C(CO)=C[C@H](C4=O)[C@@H]1[C@]2(C)COC(=O)c1ccccc1. The highest BCUT2D eigenvalue weighted by Gasteiger charge is 2.85. The van der Waals surface area contributed by atoms with Crippen LogP contribution >= 0.6 is 0 Å². The Morgan fingerprint density at radius 1 is 0.923 bits per heavy atom. The highest BCUT2D eigenvalue weighted by atomic mass is 16.6. The van der Waals surface area contributed by atoms with Crippen LogP contribution in [0.2, 0.25) is 0 Å². The van der Waals surface area contributed by atoms with E-state index in [1.807, 2.05) is 6.92 Å². The number of esters is 3. The third kappa shape index (κ3) is 5.83. The van der Waals surface area contributed by atoms with Crippen molar-refractivity contribution in [2.75, 3.05) is 13.2 Å². The van der Waals surface area contributed by atoms with Gasteiger partial charge in [-0.1, -0.05) is 95.0 Å². The summed E-state index contributed by atoms with van der Waals surface area (Å²) in [5.41, 5.74) is -5.61. The maximum atomic E-state index is 15.3. The highest BCUT2D eigenvalue weighted by Crippen LogP contribution is 2.75. The van der Waals surface area contributed by atoms with Gasteiger partial charge in [0, 0.05) is 23.7 Å². The Kier molecular flexibility index (Phi) is 10.4. The molecule has 4 aliphatic rings. The number of fused-ring (bicyclic) bond motifs is 3. The molecule has 0 heterocycles. The fraction of sp³-hybridized carbons (Fsp3) is 0.524. The average Bonchev–Trinajstić information content (AvgIpc) is 3.58. The zero-order valence-corrected chi connectivity index (χ0v) is 30.4. The monoisotopic (exact) mass is 714 g/mol. The molecule has 0 aromatic heterocycles. The van der Waals surface area contributed by atoms with Gasteiger partial charge in [0.05, 0.1) is 23.1 Å². The second kappa shape index (κ2) is 14.4. The minimum atomic E-state index is -2.40. The van der Waals surface area contributed by atoms with Crippen LogP contribution in [-0.4, -0.2) is 75.6 Å². The van der Waals surface area contributed by atoms with Gasteiger partial charge in [0.25, 0.3) is 0 Å². The van der Waals surface area contributed by atoms with Crippen LogP contribution in [0.15, 0.2) is 84.0 Å². The average molecular weight is 715 g/mol. The third-order valence-electron chi connectivity index (χ3n) is 12.3. The van der Waals surface area contributed by atoms with Gasteiger partial charge in [-0.05, 0) is 61.1 Å². The van der Waals surface area contributed by atoms with Gasteiger partial charge in [-0.2, -0.15) is 0 Å². The van der Waals surface area contributed by atoms with Gasteiger partial charge in [-0.15, -0.1) is 0 Å². The van der Waals surface area contributed by atoms with Gasteiger partial charge < -0.3 is 29.5 Å². The van der Waals surface area contributed by atoms with E-state index in [-0.39, 0.29) is 30.6 Å². The first-order chi connectivity index (χ1) is 24.8. The molecular formula is C42H50O10. The van der Waals surface area contributed by atoms with Gasteiger partial charge in [0.1, 0.15) is 18.3 Å². The summed E-state index contributed by atoms with van der Waals surface area (Å²) in [6.45, 7) is 6.49. The number of ether oxygens (including phenoxy) is 3. The topological polar surface area (TPSA) is 157 Å². The van der Waals surface area contributed by atoms with Crippen molar-refractivity contribution in [3.05, 3.63) is 95.1 Å². The van der Waals surface area contributed by atoms with Gasteiger partial charge in [0.2, 0.25) is 0 Å². The lowest BCUT2D eigenvalue weighted by atomic mass is 9.58. The minimum Gasteiger partial charge on any atom is -0.461 e. The molecule has 1 spiro atoms. The van der Waals surface area contributed by atoms with E-state index in [0.717, 1.165) is 25.7 Å². The lowest BCUT2D eigenvalue weighted by Crippen LogP contribution is -2.66. The van der Waals surface area contributed by atoms with Crippen molar-refractivity contribution >= 4 is 23.7 Å². The van der Waals surface area contributed by atoms with Crippen LogP contribution in [-0.2, 0) is 23.8 Å². The Morgan fingerprint density at radius 2 is 1.54 bits per heavy atom. The van der Waals surface area contributed by atoms with Gasteiger partial charge in [-0.25, -0.2) is 9.59 Å². The molecule has 4 aliphatic carbocycles. The summed E-state index contributed by atoms with van der Waals surface area (Å²) in [4.78, 5) is 55.5. The van der Waals surface area contributed by atoms with Crippen LogP contribution < -0.4 is 0 Å². The molecule has 2 fully saturated rings. The van der Waals surface area contributed by atoms with Crippen molar-refractivity contribution in [3.63, 3.8) is 0 Å². The van der Waals surface area contributed by atoms with E-state index in [0.29, 0.717) is 17.6 Å². The number of benzene rings is 2. The Labute approximate surface area is 304 Å². The summed E-state index contributed by atoms with van der Waals surface area (Å²) in [6, 6.07) is 16.7. The Hall–Kier alpha value is -4.12. The lowest BCUT2D eigenvalue weighted by molar-refractivity contribution is -0.192. The molecule has 52 heavy (non-hydrogen) atoms. The van der Waals surface area contributed by atoms with Crippen LogP contribution in [0.1, 0.15) is 93.4 Å². The predicted molar refractivity (Wildman–Crippen MR) is 191 cm³/mol. The second-order valence-corrected chi connectivity index (χ2v) is 15.4. The molecule has 2 aromatic carbocycles. The lowest BCUT2D eigenvalue weighted by Gasteiger charge is -2.49. The van der Waals surface area contributed by atoms with E-state index in [9.17, 15) is 29.7 Å². The van der Waals surface area contributed by atoms with Gasteiger partial charge >= 0.3 is 17.9 Å². The first-order valence-corrected chi connectivity index (χ1v) is 18.5. The van der Waals surface area contributed by atoms with E-state index in [4.69, 9.17) is 14.2 Å². The van der Waals surface area contributed by atoms with Crippen molar-refractivity contribution in [1.29, 1.82) is 0 Å². The molecule has 2 bridgehead atoms. The van der Waals surface area contributed by atoms with Gasteiger partial charge in [-0.3, -0.25) is 9.59 Å². The summed E-state index contributed by atoms with van der Waals surface area (Å²) in [5.74, 6) is -4.77. The van der Waals surface area contributed by atoms with Crippen LogP contribution in [0.25, 0.3) is 0 Å². The fourth-order valence-corrected chi connectivity index (χ4v) is 9.67. The van der Waals surface area contributed by atoms with E-state index >= 15 is 4.79 Å². The van der Waals surface area contributed by atoms with Crippen LogP contribution in [0.5, 0.6) is 0 Å². The number of ketones is 1. The summed E-state index contributed by atoms with van der Waals surface area (Å²) in [6.07, 6.45) is 4.74. The third-order valence-corrected chi connectivity index (χ3v) is 12.3. The first kappa shape index (κ1) is 37.6. The Bertz CT molecular complexity index is 1750. The number of hydrogen-bond acceptors (Lipinski definition) is 10. The summed E-state index contributed by atoms with van der Waals surface area (Å²) in [5, 5.41) is 35.6. The summed E-state index contributed by atoms with van der Waals surface area (Å²) < 4.78 is 18.3. The van der Waals surface area contributed by atoms with Crippen molar-refractivity contribution < 1.29 is 48.7 Å². The number of rotatable bonds is 13. The maximum absolute atomic E-state index is 15.3. The molecule has 10 heteroatoms. The molecule has 0 unspecified atom stereocenters. The normalized spacial score (nSPS) is 34.4. The fourth-order valence-electron chi connectivity index (χ4n) is 9.67. The van der Waals surface area contributed by atoms with E-state index in [1.165, 1.54) is 6.08 Å². The molecule has 278 valence electrons. The molecule has 6 rings (SSSR count). The number of allylic oxidation sites excluding steroid dienone is 1. The molecule has 0 aliphatic heterocycles. The molecule has 3 N–H and O–H groups in total. The number of aliphatic hydroxyl groups excluding tert-OH is 2. The van der Waals surface area contributed by atoms with Crippen molar-refractivity contribution in [1.82, 2.24) is 0 Å². The van der Waals surface area contributed by atoms with Crippen molar-refractivity contribution in [2.24, 2.45) is 28.6 Å². The summed E-state index contributed by atoms with van der Waals surface area (Å²) >= 11 is 0. The zero-order valence-electron chi connectivity index (χ0n) is 30.4. The van der Waals surface area contributed by atoms with Crippen LogP contribution in [0.3, 0.4) is 0 Å².